The normalized spacial score (nSPS) is 23.5. The topological polar surface area (TPSA) is 55.4 Å². The Hall–Kier alpha value is -1.07. The van der Waals surface area contributed by atoms with E-state index in [4.69, 9.17) is 4.74 Å². The molecule has 112 valence electrons. The highest BCUT2D eigenvalue weighted by Crippen LogP contribution is 2.24. The number of methoxy groups -OCH3 is 1. The summed E-state index contributed by atoms with van der Waals surface area (Å²) in [5.74, 6) is 0.834. The van der Waals surface area contributed by atoms with Crippen LogP contribution in [0.25, 0.3) is 0 Å². The van der Waals surface area contributed by atoms with Crippen molar-refractivity contribution in [1.82, 2.24) is 5.32 Å². The fourth-order valence-corrected chi connectivity index (χ4v) is 4.26. The maximum Gasteiger partial charge on any atom is 0.151 e. The molecule has 5 heteroatoms. The average molecular weight is 297 g/mol. The average Bonchev–Trinajstić information content (AvgIpc) is 2.45. The van der Waals surface area contributed by atoms with Gasteiger partial charge >= 0.3 is 0 Å². The first-order valence-electron chi connectivity index (χ1n) is 7.06. The van der Waals surface area contributed by atoms with Crippen molar-refractivity contribution in [1.29, 1.82) is 0 Å². The number of hydrogen-bond donors (Lipinski definition) is 1. The van der Waals surface area contributed by atoms with Gasteiger partial charge in [0.2, 0.25) is 0 Å². The number of sulfone groups is 1. The molecule has 0 bridgehead atoms. The van der Waals surface area contributed by atoms with E-state index in [9.17, 15) is 8.42 Å². The minimum Gasteiger partial charge on any atom is -0.497 e. The standard InChI is InChI=1S/C15H23NO3S/c1-19-13-9-7-12(8-10-13)11-16-14-5-3-4-6-15(14)20(2,17)18/h7-10,14-16H,3-6,11H2,1-2H3/t14-,15-/m0/s1. The number of rotatable bonds is 5. The quantitative estimate of drug-likeness (QED) is 0.904. The van der Waals surface area contributed by atoms with Gasteiger partial charge in [-0.3, -0.25) is 0 Å². The summed E-state index contributed by atoms with van der Waals surface area (Å²) in [6.07, 6.45) is 5.18. The molecule has 0 aliphatic heterocycles. The van der Waals surface area contributed by atoms with E-state index in [-0.39, 0.29) is 11.3 Å². The Balaban J connectivity index is 1.97. The van der Waals surface area contributed by atoms with Gasteiger partial charge in [0.05, 0.1) is 12.4 Å². The molecule has 4 nitrogen and oxygen atoms in total. The van der Waals surface area contributed by atoms with Gasteiger partial charge in [0, 0.05) is 18.8 Å². The molecule has 2 atom stereocenters. The molecule has 1 aromatic carbocycles. The molecule has 2 rings (SSSR count). The van der Waals surface area contributed by atoms with Gasteiger partial charge in [0.1, 0.15) is 5.75 Å². The molecule has 1 saturated carbocycles. The molecule has 20 heavy (non-hydrogen) atoms. The van der Waals surface area contributed by atoms with Crippen molar-refractivity contribution in [2.75, 3.05) is 13.4 Å². The van der Waals surface area contributed by atoms with Crippen LogP contribution in [-0.2, 0) is 16.4 Å². The summed E-state index contributed by atoms with van der Waals surface area (Å²) in [5, 5.41) is 3.17. The highest BCUT2D eigenvalue weighted by molar-refractivity contribution is 7.91. The second-order valence-electron chi connectivity index (χ2n) is 5.49. The van der Waals surface area contributed by atoms with Crippen molar-refractivity contribution >= 4 is 9.84 Å². The zero-order chi connectivity index (χ0) is 14.6. The second-order valence-corrected chi connectivity index (χ2v) is 7.75. The molecule has 0 unspecified atom stereocenters. The summed E-state index contributed by atoms with van der Waals surface area (Å²) in [6.45, 7) is 0.695. The molecule has 0 amide bonds. The summed E-state index contributed by atoms with van der Waals surface area (Å²) in [6, 6.07) is 7.92. The van der Waals surface area contributed by atoms with Crippen molar-refractivity contribution < 1.29 is 13.2 Å². The lowest BCUT2D eigenvalue weighted by atomic mass is 9.94. The van der Waals surface area contributed by atoms with E-state index in [1.165, 1.54) is 6.26 Å². The molecule has 1 aliphatic rings. The van der Waals surface area contributed by atoms with E-state index in [0.717, 1.165) is 37.0 Å². The summed E-state index contributed by atoms with van der Waals surface area (Å²) >= 11 is 0. The maximum absolute atomic E-state index is 11.8. The van der Waals surface area contributed by atoms with Gasteiger partial charge in [-0.25, -0.2) is 8.42 Å². The van der Waals surface area contributed by atoms with Gasteiger partial charge < -0.3 is 10.1 Å². The largest absolute Gasteiger partial charge is 0.497 e. The van der Waals surface area contributed by atoms with Crippen LogP contribution in [0.1, 0.15) is 31.2 Å². The SMILES string of the molecule is COc1ccc(CN[C@H]2CCCC[C@@H]2S(C)(=O)=O)cc1. The number of nitrogens with one attached hydrogen (secondary N) is 1. The molecule has 1 aliphatic carbocycles. The fraction of sp³-hybridized carbons (Fsp3) is 0.600. The monoisotopic (exact) mass is 297 g/mol. The van der Waals surface area contributed by atoms with Gasteiger partial charge in [-0.1, -0.05) is 25.0 Å². The Morgan fingerprint density at radius 2 is 1.85 bits per heavy atom. The summed E-state index contributed by atoms with van der Waals surface area (Å²) < 4.78 is 28.8. The number of benzene rings is 1. The Bertz CT molecular complexity index is 525. The molecule has 0 aromatic heterocycles. The Kier molecular flexibility index (Phi) is 5.05. The lowest BCUT2D eigenvalue weighted by Crippen LogP contribution is -2.45. The minimum absolute atomic E-state index is 0.0702. The van der Waals surface area contributed by atoms with Gasteiger partial charge in [-0.05, 0) is 30.5 Å². The fourth-order valence-electron chi connectivity index (χ4n) is 2.84. The lowest BCUT2D eigenvalue weighted by Gasteiger charge is -2.31. The third-order valence-corrected chi connectivity index (χ3v) is 5.64. The van der Waals surface area contributed by atoms with Crippen molar-refractivity contribution in [3.63, 3.8) is 0 Å². The van der Waals surface area contributed by atoms with Crippen LogP contribution in [-0.4, -0.2) is 33.1 Å². The lowest BCUT2D eigenvalue weighted by molar-refractivity contribution is 0.370. The van der Waals surface area contributed by atoms with E-state index in [1.54, 1.807) is 7.11 Å². The first kappa shape index (κ1) is 15.3. The van der Waals surface area contributed by atoms with Gasteiger partial charge in [0.15, 0.2) is 9.84 Å². The molecule has 1 fully saturated rings. The van der Waals surface area contributed by atoms with Crippen molar-refractivity contribution in [3.8, 4) is 5.75 Å². The van der Waals surface area contributed by atoms with E-state index in [0.29, 0.717) is 6.54 Å². The van der Waals surface area contributed by atoms with E-state index in [2.05, 4.69) is 5.32 Å². The Labute approximate surface area is 121 Å². The van der Waals surface area contributed by atoms with Crippen LogP contribution in [0.15, 0.2) is 24.3 Å². The molecule has 1 aromatic rings. The predicted molar refractivity (Wildman–Crippen MR) is 80.7 cm³/mol. The van der Waals surface area contributed by atoms with Crippen LogP contribution in [0.5, 0.6) is 5.75 Å². The summed E-state index contributed by atoms with van der Waals surface area (Å²) in [7, 11) is -1.33. The zero-order valence-electron chi connectivity index (χ0n) is 12.1. The highest BCUT2D eigenvalue weighted by atomic mass is 32.2. The van der Waals surface area contributed by atoms with Crippen LogP contribution in [0, 0.1) is 0 Å². The number of ether oxygens (including phenoxy) is 1. The van der Waals surface area contributed by atoms with E-state index >= 15 is 0 Å². The maximum atomic E-state index is 11.8. The third kappa shape index (κ3) is 3.96. The summed E-state index contributed by atoms with van der Waals surface area (Å²) in [5.41, 5.74) is 1.14. The van der Waals surface area contributed by atoms with E-state index < -0.39 is 9.84 Å². The van der Waals surface area contributed by atoms with Gasteiger partial charge in [-0.15, -0.1) is 0 Å². The van der Waals surface area contributed by atoms with Crippen LogP contribution >= 0.6 is 0 Å². The van der Waals surface area contributed by atoms with Crippen LogP contribution in [0.2, 0.25) is 0 Å². The first-order valence-corrected chi connectivity index (χ1v) is 9.01. The molecule has 0 spiro atoms. The Morgan fingerprint density at radius 3 is 2.45 bits per heavy atom. The first-order chi connectivity index (χ1) is 9.50. The van der Waals surface area contributed by atoms with Gasteiger partial charge in [0.25, 0.3) is 0 Å². The predicted octanol–water partition coefficient (Wildman–Crippen LogP) is 2.14. The van der Waals surface area contributed by atoms with Crippen molar-refractivity contribution in [3.05, 3.63) is 29.8 Å². The molecule has 0 saturated heterocycles. The minimum atomic E-state index is -2.97. The van der Waals surface area contributed by atoms with E-state index in [1.807, 2.05) is 24.3 Å². The second kappa shape index (κ2) is 6.59. The molecule has 0 heterocycles. The Morgan fingerprint density at radius 1 is 1.20 bits per heavy atom. The molecular weight excluding hydrogens is 274 g/mol. The highest BCUT2D eigenvalue weighted by Gasteiger charge is 2.32. The van der Waals surface area contributed by atoms with Crippen molar-refractivity contribution in [2.45, 2.75) is 43.5 Å². The van der Waals surface area contributed by atoms with Crippen LogP contribution in [0.4, 0.5) is 0 Å². The van der Waals surface area contributed by atoms with Gasteiger partial charge in [-0.2, -0.15) is 0 Å². The third-order valence-electron chi connectivity index (χ3n) is 3.98. The van der Waals surface area contributed by atoms with Crippen LogP contribution in [0.3, 0.4) is 0 Å². The molecular formula is C15H23NO3S. The molecule has 0 radical (unpaired) electrons. The van der Waals surface area contributed by atoms with Crippen molar-refractivity contribution in [2.24, 2.45) is 0 Å². The summed E-state index contributed by atoms with van der Waals surface area (Å²) in [4.78, 5) is 0. The van der Waals surface area contributed by atoms with Crippen LogP contribution < -0.4 is 10.1 Å². The zero-order valence-corrected chi connectivity index (χ0v) is 12.9. The smallest absolute Gasteiger partial charge is 0.151 e. The molecule has 1 N–H and O–H groups in total. The number of hydrogen-bond acceptors (Lipinski definition) is 4.